The second-order valence-electron chi connectivity index (χ2n) is 34.2. The number of rotatable bonds is 49. The van der Waals surface area contributed by atoms with E-state index in [1.807, 2.05) is 97.1 Å². The molecular weight excluding hydrogens is 1750 g/mol. The van der Waals surface area contributed by atoms with E-state index in [4.69, 9.17) is 71.3 Å². The zero-order chi connectivity index (χ0) is 96.3. The number of ether oxygens (including phenoxy) is 6. The lowest BCUT2D eigenvalue weighted by Crippen LogP contribution is -2.41. The van der Waals surface area contributed by atoms with E-state index in [2.05, 4.69) is 237 Å². The molecule has 3 atom stereocenters. The standard InChI is InChI=1S/C47H57N4O8P.C43H49N4O6P.C10H21N2O2P.C5H12/c1-34(2)51(35(3)4)60(58-26-13-22-48)59-31-30-55-29-28-54-27-25-50(47(53)57-33-45-42-20-11-7-16-38(42)39-17-8-12-21-43(39)45)24-23-49-46(52)56-32-44-40-18-9-5-14-36(40)37-15-6-10-19-41(37)44;1-30(2)47(31(3)4)54(52-26-13-22-44)53-27-25-46(43(49)51-29-41-38-20-11-7-16-34(38)35-17-8-12-21-39(35)41)24-23-45-42(48)50-28-40-36-18-9-5-14-32(36)33-15-6-10-19-37(33)40;1-9(2)12(10(3)4)15(13-5)14-8-6-7-11;1-3-5-4-2/h5-12,14-21,34-35,44-45H,13,23-33H2,1-4H3,(H,49,52);5-12,14-21,30-31,40-41H,13,23-29H2,1-4H3,(H,45,48);9-10H,6,8H2,1-5H3;3-5H2,1-2H3. The van der Waals surface area contributed by atoms with E-state index in [9.17, 15) is 19.2 Å². The minimum absolute atomic E-state index is 0.0545. The van der Waals surface area contributed by atoms with Gasteiger partial charge in [-0.1, -0.05) is 227 Å². The lowest BCUT2D eigenvalue weighted by atomic mass is 9.98. The topological polar surface area (TPSA) is 291 Å². The summed E-state index contributed by atoms with van der Waals surface area (Å²) in [6.07, 6.45) is 2.93. The van der Waals surface area contributed by atoms with Crippen molar-refractivity contribution in [2.75, 3.05) is 132 Å². The zero-order valence-corrected chi connectivity index (χ0v) is 83.6. The normalized spacial score (nSPS) is 13.3. The van der Waals surface area contributed by atoms with Crippen LogP contribution < -0.4 is 10.6 Å². The number of unbranched alkanes of at least 4 members (excludes halogenated alkanes) is 2. The van der Waals surface area contributed by atoms with Gasteiger partial charge in [0.25, 0.3) is 25.6 Å². The summed E-state index contributed by atoms with van der Waals surface area (Å²) < 4.78 is 76.9. The van der Waals surface area contributed by atoms with Crippen LogP contribution in [0.2, 0.25) is 0 Å². The smallest absolute Gasteiger partial charge is 0.409 e. The van der Waals surface area contributed by atoms with Gasteiger partial charge < -0.3 is 76.0 Å². The fourth-order valence-electron chi connectivity index (χ4n) is 17.1. The number of amides is 4. The van der Waals surface area contributed by atoms with Crippen LogP contribution in [-0.2, 0) is 55.6 Å². The number of hydrogen-bond acceptors (Lipinski definition) is 22. The van der Waals surface area contributed by atoms with E-state index in [0.717, 1.165) is 89.0 Å². The highest BCUT2D eigenvalue weighted by molar-refractivity contribution is 7.45. The summed E-state index contributed by atoms with van der Waals surface area (Å²) in [6, 6.07) is 73.4. The molecule has 0 spiro atoms. The number of carbonyl (C=O) groups excluding carboxylic acids is 4. The molecule has 12 rings (SSSR count). The number of nitriles is 3. The Balaban J connectivity index is 0.000000251. The molecule has 134 heavy (non-hydrogen) atoms. The molecule has 2 N–H and O–H groups in total. The molecule has 4 aliphatic carbocycles. The molecule has 0 heterocycles. The van der Waals surface area contributed by atoms with Gasteiger partial charge in [0.05, 0.1) is 96.9 Å². The molecule has 4 amide bonds. The van der Waals surface area contributed by atoms with Crippen molar-refractivity contribution in [1.29, 1.82) is 15.8 Å². The number of nitrogens with zero attached hydrogens (tertiary/aromatic N) is 8. The first-order valence-corrected chi connectivity index (χ1v) is 50.5. The summed E-state index contributed by atoms with van der Waals surface area (Å²) in [5.41, 5.74) is 18.3. The molecule has 0 aliphatic heterocycles. The average Bonchev–Trinajstić information content (AvgIpc) is 1.63. The zero-order valence-electron chi connectivity index (χ0n) is 80.9. The lowest BCUT2D eigenvalue weighted by molar-refractivity contribution is 0.0252. The Bertz CT molecular complexity index is 4860. The molecule has 0 saturated carbocycles. The minimum atomic E-state index is -1.49. The van der Waals surface area contributed by atoms with Crippen LogP contribution in [0.25, 0.3) is 44.5 Å². The van der Waals surface area contributed by atoms with Gasteiger partial charge in [0.15, 0.2) is 0 Å². The van der Waals surface area contributed by atoms with E-state index in [-0.39, 0.29) is 140 Å². The largest absolute Gasteiger partial charge is 0.449 e. The van der Waals surface area contributed by atoms with Crippen molar-refractivity contribution in [1.82, 2.24) is 34.4 Å². The molecule has 720 valence electrons. The molecule has 0 saturated heterocycles. The third-order valence-corrected chi connectivity index (χ3v) is 29.1. The molecule has 0 fully saturated rings. The van der Waals surface area contributed by atoms with Gasteiger partial charge in [0.2, 0.25) is 0 Å². The summed E-state index contributed by atoms with van der Waals surface area (Å²) in [5, 5.41) is 32.1. The molecule has 0 bridgehead atoms. The fourth-order valence-corrected chi connectivity index (χ4v) is 21.7. The second-order valence-corrected chi connectivity index (χ2v) is 38.6. The van der Waals surface area contributed by atoms with E-state index >= 15 is 0 Å². The Hall–Kier alpha value is -9.84. The van der Waals surface area contributed by atoms with Gasteiger partial charge in [0, 0.05) is 106 Å². The molecule has 0 radical (unpaired) electrons. The Morgan fingerprint density at radius 3 is 0.828 bits per heavy atom. The minimum Gasteiger partial charge on any atom is -0.449 e. The molecule has 4 aliphatic rings. The summed E-state index contributed by atoms with van der Waals surface area (Å²) >= 11 is 0. The number of carbonyl (C=O) groups is 4. The molecule has 26 nitrogen and oxygen atoms in total. The van der Waals surface area contributed by atoms with E-state index in [0.29, 0.717) is 64.6 Å². The van der Waals surface area contributed by atoms with Gasteiger partial charge in [-0.05, 0) is 172 Å². The molecule has 0 aromatic heterocycles. The van der Waals surface area contributed by atoms with Crippen LogP contribution in [0.5, 0.6) is 0 Å². The van der Waals surface area contributed by atoms with Gasteiger partial charge in [-0.25, -0.2) is 33.2 Å². The van der Waals surface area contributed by atoms with Crippen LogP contribution in [0, 0.1) is 34.0 Å². The summed E-state index contributed by atoms with van der Waals surface area (Å²) in [4.78, 5) is 56.6. The number of hydrogen-bond donors (Lipinski definition) is 2. The quantitative estimate of drug-likeness (QED) is 0.0203. The molecular formula is C105H139N10O16P3. The summed E-state index contributed by atoms with van der Waals surface area (Å²) in [5.74, 6) is -0.287. The summed E-state index contributed by atoms with van der Waals surface area (Å²) in [7, 11) is -2.21. The first kappa shape index (κ1) is 108. The SMILES string of the molecule is CC(C)N(C(C)C)P(OCCC#N)OCCN(CCNC(=O)OCC1c2ccccc2-c2ccccc21)C(=O)OCC1c2ccccc2-c2ccccc21.CC(C)N(C(C)C)P(OCCC#N)OCCOCCOCCN(CCNC(=O)OCC1c2ccccc2-c2ccccc21)C(=O)OCC1c2ccccc2-c2ccccc21.CCCCC.COP(OCCC#N)N(C(C)C)C(C)C. The Morgan fingerprint density at radius 1 is 0.321 bits per heavy atom. The van der Waals surface area contributed by atoms with E-state index in [1.54, 1.807) is 16.9 Å². The van der Waals surface area contributed by atoms with Crippen LogP contribution in [0.4, 0.5) is 19.2 Å². The summed E-state index contributed by atoms with van der Waals surface area (Å²) in [6.45, 7) is 34.2. The second kappa shape index (κ2) is 57.9. The molecule has 29 heteroatoms. The molecule has 3 unspecified atom stereocenters. The van der Waals surface area contributed by atoms with Crippen LogP contribution >= 0.6 is 25.6 Å². The fraction of sp³-hybridized carbons (Fsp3) is 0.476. The van der Waals surface area contributed by atoms with Crippen LogP contribution in [0.1, 0.15) is 204 Å². The highest BCUT2D eigenvalue weighted by Gasteiger charge is 2.37. The van der Waals surface area contributed by atoms with Gasteiger partial charge in [-0.2, -0.15) is 15.8 Å². The van der Waals surface area contributed by atoms with Crippen molar-refractivity contribution in [3.8, 4) is 62.7 Å². The van der Waals surface area contributed by atoms with Gasteiger partial charge in [0.1, 0.15) is 26.4 Å². The van der Waals surface area contributed by atoms with Crippen LogP contribution in [0.3, 0.4) is 0 Å². The number of fused-ring (bicyclic) bond motifs is 12. The first-order valence-electron chi connectivity index (χ1n) is 47.1. The average molecular weight is 1890 g/mol. The van der Waals surface area contributed by atoms with Gasteiger partial charge in [-0.15, -0.1) is 0 Å². The van der Waals surface area contributed by atoms with Crippen molar-refractivity contribution in [3.63, 3.8) is 0 Å². The van der Waals surface area contributed by atoms with E-state index in [1.165, 1.54) is 19.3 Å². The predicted octanol–water partition coefficient (Wildman–Crippen LogP) is 23.3. The lowest BCUT2D eigenvalue weighted by Gasteiger charge is -2.36. The maximum absolute atomic E-state index is 13.8. The van der Waals surface area contributed by atoms with E-state index < -0.39 is 50.0 Å². The number of alkyl carbamates (subject to hydrolysis) is 2. The van der Waals surface area contributed by atoms with Crippen LogP contribution in [-0.4, -0.2) is 217 Å². The van der Waals surface area contributed by atoms with Crippen molar-refractivity contribution in [3.05, 3.63) is 239 Å². The highest BCUT2D eigenvalue weighted by atomic mass is 31.2. The first-order chi connectivity index (χ1) is 65.0. The van der Waals surface area contributed by atoms with Crippen molar-refractivity contribution in [2.45, 2.75) is 195 Å². The number of nitrogens with one attached hydrogen (secondary N) is 2. The third kappa shape index (κ3) is 31.4. The van der Waals surface area contributed by atoms with Gasteiger partial charge >= 0.3 is 24.4 Å². The Kier molecular flexibility index (Phi) is 46.6. The maximum Gasteiger partial charge on any atom is 0.409 e. The predicted molar refractivity (Wildman–Crippen MR) is 531 cm³/mol. The Morgan fingerprint density at radius 2 is 0.560 bits per heavy atom. The van der Waals surface area contributed by atoms with Crippen molar-refractivity contribution in [2.24, 2.45) is 0 Å². The van der Waals surface area contributed by atoms with Crippen molar-refractivity contribution >= 4 is 50.0 Å². The number of benzene rings is 8. The molecule has 8 aromatic rings. The Labute approximate surface area is 799 Å². The van der Waals surface area contributed by atoms with Gasteiger partial charge in [-0.3, -0.25) is 0 Å². The third-order valence-electron chi connectivity index (χ3n) is 22.9. The van der Waals surface area contributed by atoms with Crippen molar-refractivity contribution < 1.29 is 74.7 Å². The highest BCUT2D eigenvalue weighted by Crippen LogP contribution is 2.52. The van der Waals surface area contributed by atoms with Crippen LogP contribution in [0.15, 0.2) is 194 Å². The molecule has 8 aromatic carbocycles. The maximum atomic E-state index is 13.8. The monoisotopic (exact) mass is 1890 g/mol.